The number of nitrogens with zero attached hydrogens (tertiary/aromatic N) is 2. The molecule has 2 heterocycles. The van der Waals surface area contributed by atoms with Gasteiger partial charge in [-0.2, -0.15) is 0 Å². The minimum absolute atomic E-state index is 0.403. The lowest BCUT2D eigenvalue weighted by Crippen LogP contribution is -2.42. The monoisotopic (exact) mass is 430 g/mol. The molecule has 6 nitrogen and oxygen atoms in total. The van der Waals surface area contributed by atoms with E-state index >= 15 is 0 Å². The highest BCUT2D eigenvalue weighted by molar-refractivity contribution is 7.10. The van der Waals surface area contributed by atoms with Crippen LogP contribution in [0.5, 0.6) is 5.75 Å². The fraction of sp³-hybridized carbons (Fsp3) is 0.522. The third-order valence-corrected chi connectivity index (χ3v) is 6.13. The SMILES string of the molecule is CCNC(=NCc1ccc(OCCOC)cc1)NCC(c1cccs1)N1CCCC1. The van der Waals surface area contributed by atoms with Crippen molar-refractivity contribution in [1.29, 1.82) is 0 Å². The van der Waals surface area contributed by atoms with Gasteiger partial charge in [-0.1, -0.05) is 18.2 Å². The Morgan fingerprint density at radius 1 is 1.13 bits per heavy atom. The summed E-state index contributed by atoms with van der Waals surface area (Å²) in [6, 6.07) is 12.9. The van der Waals surface area contributed by atoms with Gasteiger partial charge in [-0.3, -0.25) is 4.90 Å². The number of ether oxygens (including phenoxy) is 2. The first-order valence-electron chi connectivity index (χ1n) is 10.8. The molecule has 3 rings (SSSR count). The van der Waals surface area contributed by atoms with Crippen LogP contribution in [0.1, 0.15) is 36.2 Å². The molecule has 0 bridgehead atoms. The van der Waals surface area contributed by atoms with Crippen LogP contribution < -0.4 is 15.4 Å². The summed E-state index contributed by atoms with van der Waals surface area (Å²) in [4.78, 5) is 8.80. The molecule has 2 aromatic rings. The van der Waals surface area contributed by atoms with Crippen molar-refractivity contribution >= 4 is 17.3 Å². The van der Waals surface area contributed by atoms with Crippen LogP contribution in [0.4, 0.5) is 0 Å². The maximum atomic E-state index is 5.63. The number of nitrogens with one attached hydrogen (secondary N) is 2. The number of hydrogen-bond acceptors (Lipinski definition) is 5. The number of benzene rings is 1. The molecule has 2 N–H and O–H groups in total. The first-order valence-corrected chi connectivity index (χ1v) is 11.7. The van der Waals surface area contributed by atoms with E-state index in [4.69, 9.17) is 14.5 Å². The van der Waals surface area contributed by atoms with Gasteiger partial charge in [0.15, 0.2) is 5.96 Å². The summed E-state index contributed by atoms with van der Waals surface area (Å²) in [5.41, 5.74) is 1.15. The molecule has 0 radical (unpaired) electrons. The Morgan fingerprint density at radius 3 is 2.60 bits per heavy atom. The first-order chi connectivity index (χ1) is 14.8. The maximum absolute atomic E-state index is 5.63. The summed E-state index contributed by atoms with van der Waals surface area (Å²) in [6.07, 6.45) is 2.59. The number of rotatable bonds is 11. The Labute approximate surface area is 184 Å². The van der Waals surface area contributed by atoms with Crippen molar-refractivity contribution in [3.8, 4) is 5.75 Å². The molecule has 1 aliphatic heterocycles. The van der Waals surface area contributed by atoms with Gasteiger partial charge in [0.1, 0.15) is 12.4 Å². The molecule has 1 saturated heterocycles. The summed E-state index contributed by atoms with van der Waals surface area (Å²) >= 11 is 1.84. The quantitative estimate of drug-likeness (QED) is 0.324. The van der Waals surface area contributed by atoms with E-state index in [0.29, 0.717) is 25.8 Å². The van der Waals surface area contributed by atoms with E-state index in [9.17, 15) is 0 Å². The smallest absolute Gasteiger partial charge is 0.191 e. The van der Waals surface area contributed by atoms with Crippen molar-refractivity contribution in [3.05, 3.63) is 52.2 Å². The molecular weight excluding hydrogens is 396 g/mol. The molecule has 0 saturated carbocycles. The third kappa shape index (κ3) is 7.00. The van der Waals surface area contributed by atoms with E-state index in [2.05, 4.69) is 52.1 Å². The van der Waals surface area contributed by atoms with Crippen LogP contribution in [0.25, 0.3) is 0 Å². The van der Waals surface area contributed by atoms with E-state index < -0.39 is 0 Å². The lowest BCUT2D eigenvalue weighted by molar-refractivity contribution is 0.146. The van der Waals surface area contributed by atoms with Gasteiger partial charge in [-0.15, -0.1) is 11.3 Å². The number of aliphatic imine (C=N–C) groups is 1. The normalized spacial score (nSPS) is 15.9. The summed E-state index contributed by atoms with van der Waals surface area (Å²) in [5.74, 6) is 1.72. The fourth-order valence-corrected chi connectivity index (χ4v) is 4.44. The molecule has 0 aliphatic carbocycles. The highest BCUT2D eigenvalue weighted by Crippen LogP contribution is 2.27. The first kappa shape index (κ1) is 22.6. The van der Waals surface area contributed by atoms with E-state index in [-0.39, 0.29) is 0 Å². The molecule has 1 atom stereocenters. The van der Waals surface area contributed by atoms with Crippen molar-refractivity contribution in [1.82, 2.24) is 15.5 Å². The lowest BCUT2D eigenvalue weighted by Gasteiger charge is -2.27. The van der Waals surface area contributed by atoms with Crippen molar-refractivity contribution in [2.45, 2.75) is 32.4 Å². The Balaban J connectivity index is 1.57. The second-order valence-electron chi connectivity index (χ2n) is 7.34. The standard InChI is InChI=1S/C23H34N4O2S/c1-3-24-23(25-17-19-8-10-20(11-9-19)29-15-14-28-2)26-18-21(22-7-6-16-30-22)27-12-4-5-13-27/h6-11,16,21H,3-5,12-15,17-18H2,1-2H3,(H2,24,25,26). The van der Waals surface area contributed by atoms with Gasteiger partial charge < -0.3 is 20.1 Å². The van der Waals surface area contributed by atoms with Crippen LogP contribution >= 0.6 is 11.3 Å². The highest BCUT2D eigenvalue weighted by atomic mass is 32.1. The van der Waals surface area contributed by atoms with Crippen LogP contribution in [0.3, 0.4) is 0 Å². The molecular formula is C23H34N4O2S. The van der Waals surface area contributed by atoms with E-state index in [1.54, 1.807) is 7.11 Å². The second kappa shape index (κ2) is 12.6. The average molecular weight is 431 g/mol. The second-order valence-corrected chi connectivity index (χ2v) is 8.31. The van der Waals surface area contributed by atoms with Gasteiger partial charge in [0, 0.05) is 25.1 Å². The zero-order valence-electron chi connectivity index (χ0n) is 18.1. The molecule has 1 unspecified atom stereocenters. The van der Waals surface area contributed by atoms with Gasteiger partial charge in [0.25, 0.3) is 0 Å². The average Bonchev–Trinajstić information content (AvgIpc) is 3.48. The zero-order valence-corrected chi connectivity index (χ0v) is 18.9. The summed E-state index contributed by atoms with van der Waals surface area (Å²) in [5, 5.41) is 9.11. The maximum Gasteiger partial charge on any atom is 0.191 e. The van der Waals surface area contributed by atoms with Gasteiger partial charge in [-0.25, -0.2) is 4.99 Å². The molecule has 1 aromatic heterocycles. The largest absolute Gasteiger partial charge is 0.491 e. The Bertz CT molecular complexity index is 743. The number of methoxy groups -OCH3 is 1. The molecule has 1 aliphatic rings. The Morgan fingerprint density at radius 2 is 1.93 bits per heavy atom. The lowest BCUT2D eigenvalue weighted by atomic mass is 10.2. The third-order valence-electron chi connectivity index (χ3n) is 5.16. The minimum atomic E-state index is 0.403. The summed E-state index contributed by atoms with van der Waals surface area (Å²) in [6.45, 7) is 7.93. The van der Waals surface area contributed by atoms with Gasteiger partial charge >= 0.3 is 0 Å². The van der Waals surface area contributed by atoms with Gasteiger partial charge in [0.05, 0.1) is 19.2 Å². The van der Waals surface area contributed by atoms with E-state index in [1.807, 2.05) is 23.5 Å². The number of likely N-dealkylation sites (tertiary alicyclic amines) is 1. The van der Waals surface area contributed by atoms with Gasteiger partial charge in [-0.05, 0) is 62.0 Å². The Kier molecular flexibility index (Phi) is 9.47. The fourth-order valence-electron chi connectivity index (χ4n) is 3.58. The molecule has 1 fully saturated rings. The molecule has 164 valence electrons. The van der Waals surface area contributed by atoms with E-state index in [0.717, 1.165) is 30.4 Å². The predicted octanol–water partition coefficient (Wildman–Crippen LogP) is 3.67. The molecule has 7 heteroatoms. The van der Waals surface area contributed by atoms with Crippen molar-refractivity contribution in [3.63, 3.8) is 0 Å². The molecule has 30 heavy (non-hydrogen) atoms. The van der Waals surface area contributed by atoms with Crippen molar-refractivity contribution < 1.29 is 9.47 Å². The highest BCUT2D eigenvalue weighted by Gasteiger charge is 2.24. The van der Waals surface area contributed by atoms with Crippen LogP contribution in [0.15, 0.2) is 46.8 Å². The topological polar surface area (TPSA) is 58.1 Å². The summed E-state index contributed by atoms with van der Waals surface area (Å²) in [7, 11) is 1.67. The number of guanidine groups is 1. The number of hydrogen-bond donors (Lipinski definition) is 2. The zero-order chi connectivity index (χ0) is 21.0. The van der Waals surface area contributed by atoms with Crippen molar-refractivity contribution in [2.24, 2.45) is 4.99 Å². The van der Waals surface area contributed by atoms with Crippen LogP contribution in [-0.2, 0) is 11.3 Å². The molecule has 1 aromatic carbocycles. The molecule has 0 amide bonds. The molecule has 0 spiro atoms. The van der Waals surface area contributed by atoms with Crippen LogP contribution in [0, 0.1) is 0 Å². The summed E-state index contributed by atoms with van der Waals surface area (Å²) < 4.78 is 10.6. The van der Waals surface area contributed by atoms with Gasteiger partial charge in [0.2, 0.25) is 0 Å². The van der Waals surface area contributed by atoms with E-state index in [1.165, 1.54) is 30.8 Å². The van der Waals surface area contributed by atoms with Crippen molar-refractivity contribution in [2.75, 3.05) is 46.5 Å². The predicted molar refractivity (Wildman–Crippen MR) is 124 cm³/mol. The minimum Gasteiger partial charge on any atom is -0.491 e. The number of thiophene rings is 1. The van der Waals surface area contributed by atoms with Crippen LogP contribution in [-0.4, -0.2) is 57.4 Å². The Hall–Kier alpha value is -2.09. The van der Waals surface area contributed by atoms with Crippen LogP contribution in [0.2, 0.25) is 0 Å².